The van der Waals surface area contributed by atoms with Crippen molar-refractivity contribution in [1.29, 1.82) is 0 Å². The van der Waals surface area contributed by atoms with Crippen molar-refractivity contribution in [2.75, 3.05) is 0 Å². The first-order valence-corrected chi connectivity index (χ1v) is 11.1. The summed E-state index contributed by atoms with van der Waals surface area (Å²) in [6.45, 7) is 10.6. The van der Waals surface area contributed by atoms with Gasteiger partial charge in [-0.15, -0.1) is 0 Å². The molecule has 5 heterocycles. The van der Waals surface area contributed by atoms with Crippen LogP contribution in [0.5, 0.6) is 5.19 Å². The topological polar surface area (TPSA) is 77.2 Å². The summed E-state index contributed by atoms with van der Waals surface area (Å²) in [5.41, 5.74) is 2.79. The third-order valence-electron chi connectivity index (χ3n) is 5.45. The lowest BCUT2D eigenvalue weighted by Crippen LogP contribution is -2.60. The molecule has 9 heteroatoms. The molecule has 0 saturated carbocycles. The summed E-state index contributed by atoms with van der Waals surface area (Å²) in [4.78, 5) is 18.5. The van der Waals surface area contributed by atoms with Gasteiger partial charge in [0.15, 0.2) is 21.9 Å². The Morgan fingerprint density at radius 1 is 1.13 bits per heavy atom. The van der Waals surface area contributed by atoms with Crippen LogP contribution in [0.15, 0.2) is 24.7 Å². The zero-order valence-electron chi connectivity index (χ0n) is 18.2. The molecule has 0 aromatic carbocycles. The Kier molecular flexibility index (Phi) is 4.53. The van der Waals surface area contributed by atoms with Crippen LogP contribution in [0.2, 0.25) is 0 Å². The number of ether oxygens (including phenoxy) is 1. The Bertz CT molecular complexity index is 1280. The molecule has 1 fully saturated rings. The summed E-state index contributed by atoms with van der Waals surface area (Å²) in [5.74, 6) is -0.392. The quantitative estimate of drug-likeness (QED) is 0.504. The molecule has 1 N–H and O–H groups in total. The van der Waals surface area contributed by atoms with Gasteiger partial charge in [-0.25, -0.2) is 19.3 Å². The number of halogens is 1. The van der Waals surface area contributed by atoms with Crippen LogP contribution in [0.1, 0.15) is 46.2 Å². The Morgan fingerprint density at radius 2 is 1.87 bits per heavy atom. The van der Waals surface area contributed by atoms with Crippen LogP contribution in [0, 0.1) is 12.7 Å². The van der Waals surface area contributed by atoms with Crippen LogP contribution in [0.25, 0.3) is 27.4 Å². The molecule has 0 amide bonds. The van der Waals surface area contributed by atoms with Crippen LogP contribution in [0.3, 0.4) is 0 Å². The van der Waals surface area contributed by atoms with Gasteiger partial charge in [-0.1, -0.05) is 11.3 Å². The van der Waals surface area contributed by atoms with Crippen LogP contribution < -0.4 is 10.1 Å². The van der Waals surface area contributed by atoms with E-state index < -0.39 is 5.82 Å². The van der Waals surface area contributed by atoms with Gasteiger partial charge in [0.1, 0.15) is 6.10 Å². The SMILES string of the molecule is Cc1cn2cc(-c3cnc4nc(OC5CC(C)(C)NC(C)(C)C5)sc4n3)cc(F)c2n1. The Hall–Kier alpha value is -2.65. The average Bonchev–Trinajstić information content (AvgIpc) is 3.20. The largest absolute Gasteiger partial charge is 0.466 e. The predicted octanol–water partition coefficient (Wildman–Crippen LogP) is 4.54. The monoisotopic (exact) mass is 440 g/mol. The van der Waals surface area contributed by atoms with Gasteiger partial charge in [0.05, 0.1) is 17.6 Å². The molecule has 0 radical (unpaired) electrons. The maximum absolute atomic E-state index is 14.5. The molecule has 4 aromatic rings. The number of aryl methyl sites for hydroxylation is 1. The van der Waals surface area contributed by atoms with Gasteiger partial charge in [-0.2, -0.15) is 4.98 Å². The van der Waals surface area contributed by atoms with Gasteiger partial charge in [0.2, 0.25) is 0 Å². The molecule has 4 aromatic heterocycles. The number of rotatable bonds is 3. The van der Waals surface area contributed by atoms with Crippen molar-refractivity contribution in [3.05, 3.63) is 36.2 Å². The summed E-state index contributed by atoms with van der Waals surface area (Å²) in [6.07, 6.45) is 7.06. The second kappa shape index (κ2) is 6.93. The number of fused-ring (bicyclic) bond motifs is 2. The standard InChI is InChI=1S/C22H25FN6OS/c1-12-10-29-11-13(6-15(23)18(29)25-12)16-9-24-17-19(26-16)31-20(27-17)30-14-7-21(2,3)28-22(4,5)8-14/h6,9-11,14,28H,7-8H2,1-5H3. The molecule has 0 unspecified atom stereocenters. The number of thiazole rings is 1. The average molecular weight is 441 g/mol. The molecule has 0 spiro atoms. The maximum atomic E-state index is 14.5. The summed E-state index contributed by atoms with van der Waals surface area (Å²) in [6, 6.07) is 1.44. The maximum Gasteiger partial charge on any atom is 0.277 e. The fraction of sp³-hybridized carbons (Fsp3) is 0.455. The summed E-state index contributed by atoms with van der Waals surface area (Å²) >= 11 is 1.37. The Labute approximate surface area is 183 Å². The number of nitrogens with zero attached hydrogens (tertiary/aromatic N) is 5. The molecule has 1 aliphatic rings. The molecule has 5 rings (SSSR count). The molecule has 162 valence electrons. The van der Waals surface area contributed by atoms with E-state index in [1.165, 1.54) is 17.4 Å². The van der Waals surface area contributed by atoms with E-state index in [2.05, 4.69) is 52.9 Å². The van der Waals surface area contributed by atoms with Gasteiger partial charge in [-0.3, -0.25) is 0 Å². The minimum atomic E-state index is -0.392. The lowest BCUT2D eigenvalue weighted by molar-refractivity contribution is 0.0559. The van der Waals surface area contributed by atoms with E-state index in [0.29, 0.717) is 32.6 Å². The molecule has 31 heavy (non-hydrogen) atoms. The lowest BCUT2D eigenvalue weighted by atomic mass is 9.81. The van der Waals surface area contributed by atoms with E-state index in [0.717, 1.165) is 18.5 Å². The van der Waals surface area contributed by atoms with Crippen molar-refractivity contribution in [2.24, 2.45) is 0 Å². The van der Waals surface area contributed by atoms with Gasteiger partial charge < -0.3 is 14.5 Å². The van der Waals surface area contributed by atoms with E-state index in [4.69, 9.17) is 4.74 Å². The number of hydrogen-bond acceptors (Lipinski definition) is 7. The van der Waals surface area contributed by atoms with Crippen LogP contribution >= 0.6 is 11.3 Å². The molecule has 0 aliphatic carbocycles. The minimum absolute atomic E-state index is 0.0127. The zero-order chi connectivity index (χ0) is 22.0. The first-order chi connectivity index (χ1) is 14.6. The molecule has 1 saturated heterocycles. The van der Waals surface area contributed by atoms with E-state index in [9.17, 15) is 4.39 Å². The number of aromatic nitrogens is 5. The first-order valence-electron chi connectivity index (χ1n) is 10.3. The highest BCUT2D eigenvalue weighted by Gasteiger charge is 2.39. The smallest absolute Gasteiger partial charge is 0.277 e. The first kappa shape index (κ1) is 20.3. The highest BCUT2D eigenvalue weighted by atomic mass is 32.1. The second-order valence-corrected chi connectivity index (χ2v) is 10.5. The minimum Gasteiger partial charge on any atom is -0.466 e. The van der Waals surface area contributed by atoms with Crippen LogP contribution in [-0.4, -0.2) is 41.5 Å². The van der Waals surface area contributed by atoms with Crippen molar-refractivity contribution in [2.45, 2.75) is 64.6 Å². The van der Waals surface area contributed by atoms with Crippen molar-refractivity contribution >= 4 is 27.5 Å². The molecule has 0 bridgehead atoms. The fourth-order valence-electron chi connectivity index (χ4n) is 4.67. The van der Waals surface area contributed by atoms with Gasteiger partial charge in [-0.05, 0) is 40.7 Å². The molecular weight excluding hydrogens is 415 g/mol. The third-order valence-corrected chi connectivity index (χ3v) is 6.28. The summed E-state index contributed by atoms with van der Waals surface area (Å²) in [7, 11) is 0. The van der Waals surface area contributed by atoms with Crippen molar-refractivity contribution < 1.29 is 9.13 Å². The van der Waals surface area contributed by atoms with E-state index in [-0.39, 0.29) is 17.2 Å². The highest BCUT2D eigenvalue weighted by molar-refractivity contribution is 7.19. The molecule has 7 nitrogen and oxygen atoms in total. The van der Waals surface area contributed by atoms with E-state index >= 15 is 0 Å². The number of pyridine rings is 1. The van der Waals surface area contributed by atoms with Crippen molar-refractivity contribution in [1.82, 2.24) is 29.7 Å². The normalized spacial score (nSPS) is 18.6. The second-order valence-electron chi connectivity index (χ2n) is 9.59. The Morgan fingerprint density at radius 3 is 2.61 bits per heavy atom. The summed E-state index contributed by atoms with van der Waals surface area (Å²) < 4.78 is 22.4. The fourth-order valence-corrected chi connectivity index (χ4v) is 5.48. The van der Waals surface area contributed by atoms with Crippen molar-refractivity contribution in [3.8, 4) is 16.5 Å². The Balaban J connectivity index is 1.44. The molecule has 0 atom stereocenters. The lowest BCUT2D eigenvalue weighted by Gasteiger charge is -2.45. The molecule has 1 aliphatic heterocycles. The van der Waals surface area contributed by atoms with E-state index in [1.54, 1.807) is 16.8 Å². The molecular formula is C22H25FN6OS. The highest BCUT2D eigenvalue weighted by Crippen LogP contribution is 2.34. The van der Waals surface area contributed by atoms with Crippen molar-refractivity contribution in [3.63, 3.8) is 0 Å². The number of piperidine rings is 1. The summed E-state index contributed by atoms with van der Waals surface area (Å²) in [5, 5.41) is 4.23. The van der Waals surface area contributed by atoms with Gasteiger partial charge in [0.25, 0.3) is 5.19 Å². The van der Waals surface area contributed by atoms with Crippen LogP contribution in [0.4, 0.5) is 4.39 Å². The third kappa shape index (κ3) is 3.99. The number of hydrogen-bond donors (Lipinski definition) is 1. The van der Waals surface area contributed by atoms with E-state index in [1.807, 2.05) is 13.1 Å². The number of nitrogens with one attached hydrogen (secondary N) is 1. The number of imidazole rings is 1. The predicted molar refractivity (Wildman–Crippen MR) is 119 cm³/mol. The van der Waals surface area contributed by atoms with Gasteiger partial charge in [0, 0.05) is 41.9 Å². The zero-order valence-corrected chi connectivity index (χ0v) is 19.0. The van der Waals surface area contributed by atoms with Gasteiger partial charge >= 0.3 is 0 Å². The van der Waals surface area contributed by atoms with Crippen LogP contribution in [-0.2, 0) is 0 Å².